The van der Waals surface area contributed by atoms with Gasteiger partial charge in [-0.2, -0.15) is 0 Å². The molecule has 3 N–H and O–H groups in total. The minimum absolute atomic E-state index is 0. The zero-order valence-corrected chi connectivity index (χ0v) is 11.2. The van der Waals surface area contributed by atoms with E-state index in [1.165, 1.54) is 25.7 Å². The molecule has 1 aliphatic heterocycles. The fourth-order valence-electron chi connectivity index (χ4n) is 2.33. The standard InChI is InChI=1S/C12H23N3O.ClH/c13-6-11-2-1-5-15(8-11)9-12(16)14-7-10-3-4-10;/h10-11H,1-9,13H2,(H,14,16);1H. The fraction of sp³-hybridized carbons (Fsp3) is 0.917. The molecule has 1 atom stereocenters. The zero-order valence-electron chi connectivity index (χ0n) is 10.4. The molecule has 1 saturated carbocycles. The van der Waals surface area contributed by atoms with Gasteiger partial charge in [-0.25, -0.2) is 0 Å². The lowest BCUT2D eigenvalue weighted by molar-refractivity contribution is -0.122. The third-order valence-corrected chi connectivity index (χ3v) is 3.59. The molecule has 0 aromatic heterocycles. The quantitative estimate of drug-likeness (QED) is 0.762. The lowest BCUT2D eigenvalue weighted by Crippen LogP contribution is -2.44. The van der Waals surface area contributed by atoms with Gasteiger partial charge < -0.3 is 11.1 Å². The number of rotatable bonds is 5. The second-order valence-corrected chi connectivity index (χ2v) is 5.23. The Bertz CT molecular complexity index is 246. The molecule has 2 rings (SSSR count). The second kappa shape index (κ2) is 7.19. The van der Waals surface area contributed by atoms with Crippen LogP contribution >= 0.6 is 12.4 Å². The summed E-state index contributed by atoms with van der Waals surface area (Å²) in [5, 5.41) is 3.01. The van der Waals surface area contributed by atoms with E-state index >= 15 is 0 Å². The van der Waals surface area contributed by atoms with Crippen molar-refractivity contribution >= 4 is 18.3 Å². The Labute approximate surface area is 110 Å². The highest BCUT2D eigenvalue weighted by atomic mass is 35.5. The van der Waals surface area contributed by atoms with Crippen LogP contribution in [0.1, 0.15) is 25.7 Å². The highest BCUT2D eigenvalue weighted by molar-refractivity contribution is 5.85. The number of halogens is 1. The van der Waals surface area contributed by atoms with E-state index in [-0.39, 0.29) is 18.3 Å². The molecule has 0 spiro atoms. The normalized spacial score (nSPS) is 25.1. The summed E-state index contributed by atoms with van der Waals surface area (Å²) in [5.74, 6) is 1.54. The van der Waals surface area contributed by atoms with E-state index in [1.807, 2.05) is 0 Å². The maximum absolute atomic E-state index is 11.7. The van der Waals surface area contributed by atoms with Crippen molar-refractivity contribution in [2.75, 3.05) is 32.7 Å². The lowest BCUT2D eigenvalue weighted by Gasteiger charge is -2.31. The van der Waals surface area contributed by atoms with Crippen molar-refractivity contribution < 1.29 is 4.79 Å². The number of likely N-dealkylation sites (tertiary alicyclic amines) is 1. The van der Waals surface area contributed by atoms with Crippen LogP contribution in [0.3, 0.4) is 0 Å². The largest absolute Gasteiger partial charge is 0.355 e. The monoisotopic (exact) mass is 261 g/mol. The van der Waals surface area contributed by atoms with Crippen LogP contribution < -0.4 is 11.1 Å². The van der Waals surface area contributed by atoms with Crippen LogP contribution in [0.25, 0.3) is 0 Å². The topological polar surface area (TPSA) is 58.4 Å². The third kappa shape index (κ3) is 5.23. The summed E-state index contributed by atoms with van der Waals surface area (Å²) in [6.45, 7) is 4.23. The Morgan fingerprint density at radius 2 is 2.06 bits per heavy atom. The van der Waals surface area contributed by atoms with Crippen LogP contribution in [-0.2, 0) is 4.79 Å². The number of nitrogens with zero attached hydrogens (tertiary/aromatic N) is 1. The van der Waals surface area contributed by atoms with Gasteiger partial charge in [-0.1, -0.05) is 0 Å². The Hall–Kier alpha value is -0.320. The van der Waals surface area contributed by atoms with Crippen molar-refractivity contribution in [3.05, 3.63) is 0 Å². The van der Waals surface area contributed by atoms with Gasteiger partial charge in [0, 0.05) is 13.1 Å². The molecule has 2 fully saturated rings. The summed E-state index contributed by atoms with van der Waals surface area (Å²) in [6, 6.07) is 0. The molecule has 17 heavy (non-hydrogen) atoms. The van der Waals surface area contributed by atoms with E-state index < -0.39 is 0 Å². The molecule has 5 heteroatoms. The van der Waals surface area contributed by atoms with Gasteiger partial charge in [-0.15, -0.1) is 12.4 Å². The Morgan fingerprint density at radius 1 is 1.29 bits per heavy atom. The van der Waals surface area contributed by atoms with E-state index in [2.05, 4.69) is 10.2 Å². The van der Waals surface area contributed by atoms with Crippen molar-refractivity contribution in [1.82, 2.24) is 10.2 Å². The number of amides is 1. The molecule has 4 nitrogen and oxygen atoms in total. The highest BCUT2D eigenvalue weighted by Crippen LogP contribution is 2.27. The molecule has 1 amide bonds. The third-order valence-electron chi connectivity index (χ3n) is 3.59. The van der Waals surface area contributed by atoms with Gasteiger partial charge in [0.05, 0.1) is 6.54 Å². The molecule has 1 aliphatic carbocycles. The number of nitrogens with two attached hydrogens (primary N) is 1. The summed E-state index contributed by atoms with van der Waals surface area (Å²) in [4.78, 5) is 13.9. The first kappa shape index (κ1) is 14.7. The van der Waals surface area contributed by atoms with E-state index in [4.69, 9.17) is 5.73 Å². The molecule has 0 aromatic carbocycles. The first-order chi connectivity index (χ1) is 7.78. The summed E-state index contributed by atoms with van der Waals surface area (Å²) < 4.78 is 0. The molecule has 100 valence electrons. The predicted octanol–water partition coefficient (Wildman–Crippen LogP) is 0.605. The average Bonchev–Trinajstić information content (AvgIpc) is 3.10. The molecular formula is C12H24ClN3O. The van der Waals surface area contributed by atoms with Gasteiger partial charge in [-0.3, -0.25) is 9.69 Å². The number of nitrogens with one attached hydrogen (secondary N) is 1. The summed E-state index contributed by atoms with van der Waals surface area (Å²) in [6.07, 6.45) is 4.98. The van der Waals surface area contributed by atoms with Crippen molar-refractivity contribution in [2.45, 2.75) is 25.7 Å². The van der Waals surface area contributed by atoms with Crippen LogP contribution in [0.4, 0.5) is 0 Å². The molecule has 1 heterocycles. The van der Waals surface area contributed by atoms with Gasteiger partial charge in [0.2, 0.25) is 5.91 Å². The van der Waals surface area contributed by atoms with Crippen LogP contribution in [0, 0.1) is 11.8 Å². The number of carbonyl (C=O) groups is 1. The van der Waals surface area contributed by atoms with Crippen LogP contribution in [0.5, 0.6) is 0 Å². The number of hydrogen-bond acceptors (Lipinski definition) is 3. The molecule has 1 unspecified atom stereocenters. The highest BCUT2D eigenvalue weighted by Gasteiger charge is 2.23. The molecule has 1 saturated heterocycles. The van der Waals surface area contributed by atoms with Crippen molar-refractivity contribution in [3.63, 3.8) is 0 Å². The predicted molar refractivity (Wildman–Crippen MR) is 71.2 cm³/mol. The number of carbonyl (C=O) groups excluding carboxylic acids is 1. The van der Waals surface area contributed by atoms with Crippen LogP contribution in [0.15, 0.2) is 0 Å². The maximum atomic E-state index is 11.7. The van der Waals surface area contributed by atoms with E-state index in [0.29, 0.717) is 12.5 Å². The van der Waals surface area contributed by atoms with Crippen molar-refractivity contribution in [2.24, 2.45) is 17.6 Å². The van der Waals surface area contributed by atoms with Crippen molar-refractivity contribution in [3.8, 4) is 0 Å². The Kier molecular flexibility index (Phi) is 6.23. The van der Waals surface area contributed by atoms with Gasteiger partial charge in [0.1, 0.15) is 0 Å². The second-order valence-electron chi connectivity index (χ2n) is 5.23. The van der Waals surface area contributed by atoms with Gasteiger partial charge in [-0.05, 0) is 50.6 Å². The first-order valence-electron chi connectivity index (χ1n) is 6.47. The fourth-order valence-corrected chi connectivity index (χ4v) is 2.33. The van der Waals surface area contributed by atoms with E-state index in [0.717, 1.165) is 32.1 Å². The molecule has 0 bridgehead atoms. The lowest BCUT2D eigenvalue weighted by atomic mass is 9.98. The minimum Gasteiger partial charge on any atom is -0.355 e. The van der Waals surface area contributed by atoms with Gasteiger partial charge >= 0.3 is 0 Å². The summed E-state index contributed by atoms with van der Waals surface area (Å²) in [5.41, 5.74) is 5.68. The van der Waals surface area contributed by atoms with Gasteiger partial charge in [0.25, 0.3) is 0 Å². The van der Waals surface area contributed by atoms with E-state index in [1.54, 1.807) is 0 Å². The average molecular weight is 262 g/mol. The zero-order chi connectivity index (χ0) is 11.4. The molecule has 0 radical (unpaired) electrons. The Balaban J connectivity index is 0.00000144. The van der Waals surface area contributed by atoms with Gasteiger partial charge in [0.15, 0.2) is 0 Å². The SMILES string of the molecule is Cl.NCC1CCCN(CC(=O)NCC2CC2)C1. The van der Waals surface area contributed by atoms with Crippen LogP contribution in [0.2, 0.25) is 0 Å². The van der Waals surface area contributed by atoms with Crippen molar-refractivity contribution in [1.29, 1.82) is 0 Å². The smallest absolute Gasteiger partial charge is 0.234 e. The molecular weight excluding hydrogens is 238 g/mol. The first-order valence-corrected chi connectivity index (χ1v) is 6.47. The Morgan fingerprint density at radius 3 is 2.71 bits per heavy atom. The van der Waals surface area contributed by atoms with E-state index in [9.17, 15) is 4.79 Å². The summed E-state index contributed by atoms with van der Waals surface area (Å²) in [7, 11) is 0. The number of piperidine rings is 1. The number of hydrogen-bond donors (Lipinski definition) is 2. The molecule has 2 aliphatic rings. The summed E-state index contributed by atoms with van der Waals surface area (Å²) >= 11 is 0. The minimum atomic E-state index is 0. The van der Waals surface area contributed by atoms with Crippen LogP contribution in [-0.4, -0.2) is 43.5 Å². The maximum Gasteiger partial charge on any atom is 0.234 e. The molecule has 0 aromatic rings.